The fraction of sp³-hybridized carbons (Fsp3) is 0.833. The summed E-state index contributed by atoms with van der Waals surface area (Å²) in [6.45, 7) is 1.61. The van der Waals surface area contributed by atoms with Crippen LogP contribution in [0.25, 0.3) is 0 Å². The van der Waals surface area contributed by atoms with Gasteiger partial charge in [0.1, 0.15) is 0 Å². The number of rotatable bonds is 4. The van der Waals surface area contributed by atoms with Crippen molar-refractivity contribution in [2.45, 2.75) is 0 Å². The van der Waals surface area contributed by atoms with Crippen LogP contribution >= 0.6 is 0 Å². The highest BCUT2D eigenvalue weighted by molar-refractivity contribution is 5.26. The molecule has 0 aliphatic rings. The summed E-state index contributed by atoms with van der Waals surface area (Å²) in [7, 11) is 1.85. The molecule has 0 bridgehead atoms. The van der Waals surface area contributed by atoms with Crippen LogP contribution in [0.1, 0.15) is 0 Å². The van der Waals surface area contributed by atoms with Gasteiger partial charge >= 0.3 is 0 Å². The standard InChI is InChI=1S/C5H13NO2.CHNO/c1-6(2-4-7)3-5-8;2-1-3/h7-8H,2-5H2,1H3;2H. The zero-order valence-electron chi connectivity index (χ0n) is 6.58. The first-order chi connectivity index (χ1) is 5.22. The van der Waals surface area contributed by atoms with Crippen molar-refractivity contribution in [1.82, 2.24) is 4.90 Å². The fourth-order valence-electron chi connectivity index (χ4n) is 0.453. The molecule has 0 saturated heterocycles. The maximum Gasteiger partial charge on any atom is 0.231 e. The van der Waals surface area contributed by atoms with E-state index in [0.29, 0.717) is 13.1 Å². The average molecular weight is 162 g/mol. The predicted octanol–water partition coefficient (Wildman–Crippen LogP) is -1.20. The monoisotopic (exact) mass is 162 g/mol. The van der Waals surface area contributed by atoms with E-state index in [9.17, 15) is 0 Å². The Morgan fingerprint density at radius 1 is 1.36 bits per heavy atom. The van der Waals surface area contributed by atoms with Crippen LogP contribution in [0.15, 0.2) is 0 Å². The van der Waals surface area contributed by atoms with E-state index in [1.165, 1.54) is 0 Å². The van der Waals surface area contributed by atoms with Gasteiger partial charge in [-0.2, -0.15) is 0 Å². The Labute approximate surface area is 65.8 Å². The summed E-state index contributed by atoms with van der Waals surface area (Å²) in [6.07, 6.45) is 0.750. The zero-order chi connectivity index (χ0) is 9.11. The van der Waals surface area contributed by atoms with Crippen LogP contribution in [-0.4, -0.2) is 54.5 Å². The summed E-state index contributed by atoms with van der Waals surface area (Å²) in [5, 5.41) is 22.1. The third-order valence-electron chi connectivity index (χ3n) is 0.963. The lowest BCUT2D eigenvalue weighted by Crippen LogP contribution is -2.25. The van der Waals surface area contributed by atoms with Gasteiger partial charge in [-0.05, 0) is 7.05 Å². The van der Waals surface area contributed by atoms with Gasteiger partial charge in [-0.15, -0.1) is 0 Å². The van der Waals surface area contributed by atoms with Crippen molar-refractivity contribution in [2.75, 3.05) is 33.4 Å². The summed E-state index contributed by atoms with van der Waals surface area (Å²) >= 11 is 0. The van der Waals surface area contributed by atoms with Crippen LogP contribution < -0.4 is 0 Å². The van der Waals surface area contributed by atoms with Crippen molar-refractivity contribution in [3.8, 4) is 0 Å². The van der Waals surface area contributed by atoms with Gasteiger partial charge in [0.05, 0.1) is 13.2 Å². The number of likely N-dealkylation sites (N-methyl/N-ethyl adjacent to an activating group) is 1. The third-order valence-corrected chi connectivity index (χ3v) is 0.963. The molecular weight excluding hydrogens is 148 g/mol. The number of aliphatic hydroxyl groups is 2. The molecule has 0 heterocycles. The Bertz CT molecular complexity index is 96.0. The van der Waals surface area contributed by atoms with E-state index in [-0.39, 0.29) is 13.2 Å². The second-order valence-electron chi connectivity index (χ2n) is 1.85. The maximum absolute atomic E-state index is 8.35. The van der Waals surface area contributed by atoms with Crippen molar-refractivity contribution >= 4 is 6.08 Å². The first-order valence-electron chi connectivity index (χ1n) is 3.17. The van der Waals surface area contributed by atoms with Crippen LogP contribution in [-0.2, 0) is 4.79 Å². The predicted molar refractivity (Wildman–Crippen MR) is 40.1 cm³/mol. The molecule has 11 heavy (non-hydrogen) atoms. The molecule has 5 nitrogen and oxygen atoms in total. The molecule has 0 amide bonds. The number of nitrogens with one attached hydrogen (secondary N) is 1. The Balaban J connectivity index is 0. The molecule has 0 atom stereocenters. The van der Waals surface area contributed by atoms with Crippen molar-refractivity contribution in [2.24, 2.45) is 0 Å². The lowest BCUT2D eigenvalue weighted by atomic mass is 10.5. The molecule has 0 radical (unpaired) electrons. The van der Waals surface area contributed by atoms with E-state index in [1.54, 1.807) is 0 Å². The fourth-order valence-corrected chi connectivity index (χ4v) is 0.453. The highest BCUT2D eigenvalue weighted by Gasteiger charge is 1.91. The Morgan fingerprint density at radius 2 is 1.64 bits per heavy atom. The molecule has 0 rings (SSSR count). The number of hydrogen-bond donors (Lipinski definition) is 3. The van der Waals surface area contributed by atoms with Gasteiger partial charge in [0.25, 0.3) is 0 Å². The number of nitrogens with zero attached hydrogens (tertiary/aromatic N) is 1. The van der Waals surface area contributed by atoms with E-state index in [4.69, 9.17) is 20.4 Å². The smallest absolute Gasteiger partial charge is 0.231 e. The van der Waals surface area contributed by atoms with E-state index in [1.807, 2.05) is 11.9 Å². The first-order valence-corrected chi connectivity index (χ1v) is 3.17. The highest BCUT2D eigenvalue weighted by atomic mass is 16.3. The Morgan fingerprint density at radius 3 is 1.82 bits per heavy atom. The summed E-state index contributed by atoms with van der Waals surface area (Å²) in [5.41, 5.74) is 0. The zero-order valence-corrected chi connectivity index (χ0v) is 6.58. The molecule has 0 aromatic heterocycles. The molecule has 0 unspecified atom stereocenters. The average Bonchev–Trinajstić information content (AvgIpc) is 1.90. The van der Waals surface area contributed by atoms with Crippen molar-refractivity contribution in [1.29, 1.82) is 5.41 Å². The van der Waals surface area contributed by atoms with E-state index >= 15 is 0 Å². The SMILES string of the molecule is CN(CCO)CCO.N=C=O. The molecule has 3 N–H and O–H groups in total. The number of hydrogen-bond acceptors (Lipinski definition) is 5. The van der Waals surface area contributed by atoms with Gasteiger partial charge in [-0.1, -0.05) is 0 Å². The van der Waals surface area contributed by atoms with Crippen LogP contribution in [0, 0.1) is 5.41 Å². The van der Waals surface area contributed by atoms with Crippen LogP contribution in [0.2, 0.25) is 0 Å². The minimum atomic E-state index is 0.163. The van der Waals surface area contributed by atoms with Gasteiger partial charge < -0.3 is 15.1 Å². The lowest BCUT2D eigenvalue weighted by molar-refractivity contribution is 0.184. The highest BCUT2D eigenvalue weighted by Crippen LogP contribution is 1.76. The number of carbonyl (C=O) groups excluding carboxylic acids is 1. The quantitative estimate of drug-likeness (QED) is 0.358. The van der Waals surface area contributed by atoms with Gasteiger partial charge in [0.15, 0.2) is 0 Å². The lowest BCUT2D eigenvalue weighted by Gasteiger charge is -2.11. The molecule has 0 fully saturated rings. The minimum Gasteiger partial charge on any atom is -0.395 e. The molecule has 0 aromatic rings. The van der Waals surface area contributed by atoms with E-state index in [2.05, 4.69) is 0 Å². The van der Waals surface area contributed by atoms with Gasteiger partial charge in [-0.3, -0.25) is 0 Å². The first kappa shape index (κ1) is 12.9. The summed E-state index contributed by atoms with van der Waals surface area (Å²) < 4.78 is 0. The number of aliphatic hydroxyl groups excluding tert-OH is 2. The van der Waals surface area contributed by atoms with Crippen molar-refractivity contribution in [3.05, 3.63) is 0 Å². The van der Waals surface area contributed by atoms with Gasteiger partial charge in [0.2, 0.25) is 6.08 Å². The van der Waals surface area contributed by atoms with Crippen LogP contribution in [0.5, 0.6) is 0 Å². The Kier molecular flexibility index (Phi) is 14.1. The van der Waals surface area contributed by atoms with Crippen molar-refractivity contribution < 1.29 is 15.0 Å². The van der Waals surface area contributed by atoms with Gasteiger partial charge in [0, 0.05) is 13.1 Å². The topological polar surface area (TPSA) is 84.6 Å². The molecule has 0 aliphatic carbocycles. The second kappa shape index (κ2) is 12.0. The summed E-state index contributed by atoms with van der Waals surface area (Å²) in [4.78, 5) is 10.2. The second-order valence-corrected chi connectivity index (χ2v) is 1.85. The van der Waals surface area contributed by atoms with Crippen LogP contribution in [0.3, 0.4) is 0 Å². The molecule has 0 aliphatic heterocycles. The van der Waals surface area contributed by atoms with Crippen molar-refractivity contribution in [3.63, 3.8) is 0 Å². The molecule has 66 valence electrons. The van der Waals surface area contributed by atoms with E-state index in [0.717, 1.165) is 6.08 Å². The van der Waals surface area contributed by atoms with Gasteiger partial charge in [-0.25, -0.2) is 10.2 Å². The molecule has 5 heteroatoms. The third kappa shape index (κ3) is 17.6. The molecule has 0 spiro atoms. The number of isocyanates is 1. The summed E-state index contributed by atoms with van der Waals surface area (Å²) in [6, 6.07) is 0. The molecular formula is C6H14N2O3. The largest absolute Gasteiger partial charge is 0.395 e. The maximum atomic E-state index is 8.35. The van der Waals surface area contributed by atoms with Crippen LogP contribution in [0.4, 0.5) is 0 Å². The molecule has 0 saturated carbocycles. The normalized spacial score (nSPS) is 8.36. The molecule has 0 aromatic carbocycles. The summed E-state index contributed by atoms with van der Waals surface area (Å²) in [5.74, 6) is 0. The minimum absolute atomic E-state index is 0.163. The van der Waals surface area contributed by atoms with E-state index < -0.39 is 0 Å². The Hall–Kier alpha value is -0.740.